The summed E-state index contributed by atoms with van der Waals surface area (Å²) in [6.07, 6.45) is -1.45. The van der Waals surface area contributed by atoms with Gasteiger partial charge in [0.1, 0.15) is 5.84 Å². The van der Waals surface area contributed by atoms with Gasteiger partial charge in [-0.15, -0.1) is 0 Å². The number of hydrogen-bond acceptors (Lipinski definition) is 6. The van der Waals surface area contributed by atoms with Gasteiger partial charge in [0.05, 0.1) is 24.0 Å². The van der Waals surface area contributed by atoms with Gasteiger partial charge in [0, 0.05) is 23.5 Å². The van der Waals surface area contributed by atoms with Crippen LogP contribution in [0.5, 0.6) is 0 Å². The number of carbonyl (C=O) groups is 2. The zero-order chi connectivity index (χ0) is 21.3. The van der Waals surface area contributed by atoms with Gasteiger partial charge in [-0.1, -0.05) is 0 Å². The summed E-state index contributed by atoms with van der Waals surface area (Å²) in [7, 11) is 0. The molecule has 3 aromatic rings. The van der Waals surface area contributed by atoms with E-state index in [0.29, 0.717) is 23.5 Å². The van der Waals surface area contributed by atoms with Crippen LogP contribution < -0.4 is 16.0 Å². The third-order valence-corrected chi connectivity index (χ3v) is 4.86. The molecule has 10 nitrogen and oxygen atoms in total. The molecule has 0 aliphatic carbocycles. The van der Waals surface area contributed by atoms with E-state index in [4.69, 9.17) is 15.9 Å². The van der Waals surface area contributed by atoms with Crippen LogP contribution in [0, 0.1) is 5.41 Å². The number of amides is 2. The molecule has 2 aromatic carbocycles. The minimum Gasteiger partial charge on any atom is -0.384 e. The Morgan fingerprint density at radius 3 is 2.83 bits per heavy atom. The van der Waals surface area contributed by atoms with Gasteiger partial charge in [-0.05, 0) is 42.5 Å². The third kappa shape index (κ3) is 3.73. The first-order valence-corrected chi connectivity index (χ1v) is 9.23. The van der Waals surface area contributed by atoms with E-state index < -0.39 is 24.0 Å². The Morgan fingerprint density at radius 1 is 1.33 bits per heavy atom. The van der Waals surface area contributed by atoms with E-state index in [9.17, 15) is 14.7 Å². The van der Waals surface area contributed by atoms with E-state index >= 15 is 0 Å². The number of morpholine rings is 1. The number of anilines is 2. The van der Waals surface area contributed by atoms with E-state index in [1.807, 2.05) is 0 Å². The van der Waals surface area contributed by atoms with Crippen molar-refractivity contribution in [3.63, 3.8) is 0 Å². The number of nitrogens with one attached hydrogen (secondary N) is 3. The average molecular weight is 408 g/mol. The van der Waals surface area contributed by atoms with Crippen LogP contribution in [0.2, 0.25) is 0 Å². The molecule has 6 N–H and O–H groups in total. The maximum Gasteiger partial charge on any atom is 0.259 e. The lowest BCUT2D eigenvalue weighted by Gasteiger charge is -2.34. The van der Waals surface area contributed by atoms with Crippen LogP contribution in [0.25, 0.3) is 11.0 Å². The second-order valence-electron chi connectivity index (χ2n) is 6.81. The van der Waals surface area contributed by atoms with Crippen molar-refractivity contribution in [3.8, 4) is 0 Å². The number of aliphatic hydroxyl groups excluding tert-OH is 1. The number of nitrogen functional groups attached to an aromatic ring is 1. The van der Waals surface area contributed by atoms with Gasteiger partial charge in [-0.3, -0.25) is 15.0 Å². The molecular formula is C20H20N6O4. The summed E-state index contributed by atoms with van der Waals surface area (Å²) < 4.78 is 5.42. The molecule has 1 unspecified atom stereocenters. The second kappa shape index (κ2) is 7.93. The molecule has 30 heavy (non-hydrogen) atoms. The van der Waals surface area contributed by atoms with E-state index in [2.05, 4.69) is 15.3 Å². The summed E-state index contributed by atoms with van der Waals surface area (Å²) in [5, 5.41) is 20.4. The van der Waals surface area contributed by atoms with Gasteiger partial charge >= 0.3 is 0 Å². The Kier molecular flexibility index (Phi) is 5.17. The summed E-state index contributed by atoms with van der Waals surface area (Å²) >= 11 is 0. The third-order valence-electron chi connectivity index (χ3n) is 4.86. The van der Waals surface area contributed by atoms with Crippen molar-refractivity contribution in [1.82, 2.24) is 9.97 Å². The number of amidine groups is 1. The minimum absolute atomic E-state index is 0.0949. The van der Waals surface area contributed by atoms with Crippen molar-refractivity contribution in [2.24, 2.45) is 5.73 Å². The predicted octanol–water partition coefficient (Wildman–Crippen LogP) is 0.578. The van der Waals surface area contributed by atoms with Crippen LogP contribution in [-0.4, -0.2) is 58.1 Å². The van der Waals surface area contributed by atoms with E-state index in [1.165, 1.54) is 4.90 Å². The van der Waals surface area contributed by atoms with Crippen molar-refractivity contribution in [1.29, 1.82) is 5.41 Å². The van der Waals surface area contributed by atoms with Crippen LogP contribution in [0.3, 0.4) is 0 Å². The molecule has 4 rings (SSSR count). The molecule has 2 atom stereocenters. The number of rotatable bonds is 5. The fourth-order valence-corrected chi connectivity index (χ4v) is 3.27. The number of ether oxygens (including phenoxy) is 1. The molecule has 2 heterocycles. The molecule has 2 amide bonds. The summed E-state index contributed by atoms with van der Waals surface area (Å²) in [6, 6.07) is 11.6. The number of imidazole rings is 1. The largest absolute Gasteiger partial charge is 0.384 e. The van der Waals surface area contributed by atoms with E-state index in [0.717, 1.165) is 11.0 Å². The lowest BCUT2D eigenvalue weighted by atomic mass is 10.1. The van der Waals surface area contributed by atoms with Crippen LogP contribution in [0.15, 0.2) is 48.8 Å². The highest BCUT2D eigenvalue weighted by Gasteiger charge is 2.39. The second-order valence-corrected chi connectivity index (χ2v) is 6.81. The number of H-pyrrole nitrogens is 1. The predicted molar refractivity (Wildman–Crippen MR) is 110 cm³/mol. The standard InChI is InChI=1S/C20H20N6O4/c21-18(22)11-1-3-12(4-2-11)25-19(28)16(27)17-20(29)26(7-8-30-17)13-5-6-14-15(9-13)24-10-23-14/h1-6,9-10,16-17,27H,7-8H2,(H3,21,22)(H,23,24)(H,25,28)/t16-,17?/m1/s1. The van der Waals surface area contributed by atoms with Crippen LogP contribution in [0.4, 0.5) is 11.4 Å². The maximum absolute atomic E-state index is 12.9. The summed E-state index contributed by atoms with van der Waals surface area (Å²) in [5.41, 5.74) is 8.47. The quantitative estimate of drug-likeness (QED) is 0.307. The monoisotopic (exact) mass is 408 g/mol. The zero-order valence-electron chi connectivity index (χ0n) is 15.8. The summed E-state index contributed by atoms with van der Waals surface area (Å²) in [5.74, 6) is -1.37. The lowest BCUT2D eigenvalue weighted by Crippen LogP contribution is -2.55. The molecule has 1 fully saturated rings. The molecule has 1 aromatic heterocycles. The van der Waals surface area contributed by atoms with Crippen molar-refractivity contribution in [2.75, 3.05) is 23.4 Å². The number of carbonyl (C=O) groups excluding carboxylic acids is 2. The fraction of sp³-hybridized carbons (Fsp3) is 0.200. The Hall–Kier alpha value is -3.76. The highest BCUT2D eigenvalue weighted by Crippen LogP contribution is 2.24. The van der Waals surface area contributed by atoms with Gasteiger partial charge in [-0.25, -0.2) is 4.98 Å². The smallest absolute Gasteiger partial charge is 0.259 e. The number of nitrogens with two attached hydrogens (primary N) is 1. The lowest BCUT2D eigenvalue weighted by molar-refractivity contribution is -0.150. The molecule has 1 saturated heterocycles. The average Bonchev–Trinajstić information content (AvgIpc) is 3.21. The van der Waals surface area contributed by atoms with Gasteiger partial charge in [0.15, 0.2) is 12.2 Å². The summed E-state index contributed by atoms with van der Waals surface area (Å²) in [4.78, 5) is 34.0. The number of aromatic nitrogens is 2. The molecule has 0 radical (unpaired) electrons. The van der Waals surface area contributed by atoms with Crippen molar-refractivity contribution < 1.29 is 19.4 Å². The first kappa shape index (κ1) is 19.6. The Labute approximate surface area is 171 Å². The molecular weight excluding hydrogens is 388 g/mol. The topological polar surface area (TPSA) is 157 Å². The Morgan fingerprint density at radius 2 is 2.10 bits per heavy atom. The molecule has 0 saturated carbocycles. The van der Waals surface area contributed by atoms with E-state index in [-0.39, 0.29) is 12.4 Å². The van der Waals surface area contributed by atoms with Crippen LogP contribution in [0.1, 0.15) is 5.56 Å². The van der Waals surface area contributed by atoms with Crippen molar-refractivity contribution in [2.45, 2.75) is 12.2 Å². The molecule has 10 heteroatoms. The molecule has 0 spiro atoms. The SMILES string of the molecule is N=C(N)c1ccc(NC(=O)[C@H](O)C2OCCN(c3ccc4nc[nH]c4c3)C2=O)cc1. The zero-order valence-corrected chi connectivity index (χ0v) is 15.8. The number of hydrogen-bond donors (Lipinski definition) is 5. The summed E-state index contributed by atoms with van der Waals surface area (Å²) in [6.45, 7) is 0.477. The van der Waals surface area contributed by atoms with Crippen LogP contribution in [-0.2, 0) is 14.3 Å². The number of aliphatic hydroxyl groups is 1. The van der Waals surface area contributed by atoms with Crippen molar-refractivity contribution in [3.05, 3.63) is 54.4 Å². The maximum atomic E-state index is 12.9. The first-order valence-electron chi connectivity index (χ1n) is 9.23. The van der Waals surface area contributed by atoms with E-state index in [1.54, 1.807) is 48.8 Å². The fourth-order valence-electron chi connectivity index (χ4n) is 3.27. The first-order chi connectivity index (χ1) is 14.4. The molecule has 0 bridgehead atoms. The van der Waals surface area contributed by atoms with Crippen molar-refractivity contribution >= 4 is 40.1 Å². The highest BCUT2D eigenvalue weighted by molar-refractivity contribution is 6.04. The number of fused-ring (bicyclic) bond motifs is 1. The Bertz CT molecular complexity index is 1110. The van der Waals surface area contributed by atoms with Gasteiger partial charge in [0.2, 0.25) is 0 Å². The molecule has 154 valence electrons. The highest BCUT2D eigenvalue weighted by atomic mass is 16.5. The van der Waals surface area contributed by atoms with Gasteiger partial charge in [0.25, 0.3) is 11.8 Å². The van der Waals surface area contributed by atoms with Gasteiger partial charge < -0.3 is 30.8 Å². The number of nitrogens with zero attached hydrogens (tertiary/aromatic N) is 2. The normalized spacial score (nSPS) is 17.7. The molecule has 1 aliphatic rings. The minimum atomic E-state index is -1.69. The molecule has 1 aliphatic heterocycles. The number of aromatic amines is 1. The van der Waals surface area contributed by atoms with Gasteiger partial charge in [-0.2, -0.15) is 0 Å². The Balaban J connectivity index is 1.47. The number of benzene rings is 2. The van der Waals surface area contributed by atoms with Crippen LogP contribution >= 0.6 is 0 Å².